The van der Waals surface area contributed by atoms with Crippen molar-refractivity contribution in [2.24, 2.45) is 17.3 Å². The molecular formula is C24H32O8. The van der Waals surface area contributed by atoms with Crippen molar-refractivity contribution in [2.45, 2.75) is 88.2 Å². The summed E-state index contributed by atoms with van der Waals surface area (Å²) in [6, 6.07) is 5.58. The summed E-state index contributed by atoms with van der Waals surface area (Å²) in [6.07, 6.45) is -2.78. The predicted octanol–water partition coefficient (Wildman–Crippen LogP) is 0.609. The van der Waals surface area contributed by atoms with Crippen LogP contribution in [0.15, 0.2) is 18.2 Å². The van der Waals surface area contributed by atoms with Gasteiger partial charge in [-0.1, -0.05) is 13.0 Å². The average molecular weight is 449 g/mol. The van der Waals surface area contributed by atoms with Gasteiger partial charge in [-0.15, -0.1) is 0 Å². The first-order chi connectivity index (χ1) is 15.2. The highest BCUT2D eigenvalue weighted by molar-refractivity contribution is 5.78. The number of hydrogen-bond acceptors (Lipinski definition) is 8. The molecule has 0 unspecified atom stereocenters. The monoisotopic (exact) mass is 448 g/mol. The second-order valence-electron chi connectivity index (χ2n) is 10.3. The summed E-state index contributed by atoms with van der Waals surface area (Å²) in [5, 5.41) is 49.6. The normalized spacial score (nSPS) is 45.5. The highest BCUT2D eigenvalue weighted by Crippen LogP contribution is 2.60. The molecule has 3 fully saturated rings. The summed E-state index contributed by atoms with van der Waals surface area (Å²) in [6.45, 7) is 2.25. The van der Waals surface area contributed by atoms with Crippen LogP contribution in [0.5, 0.6) is 5.75 Å². The van der Waals surface area contributed by atoms with E-state index in [1.807, 2.05) is 12.1 Å². The Morgan fingerprint density at radius 3 is 2.59 bits per heavy atom. The molecule has 176 valence electrons. The van der Waals surface area contributed by atoms with Crippen LogP contribution >= 0.6 is 0 Å². The third-order valence-corrected chi connectivity index (χ3v) is 8.69. The molecule has 3 aliphatic carbocycles. The van der Waals surface area contributed by atoms with E-state index in [-0.39, 0.29) is 11.5 Å². The maximum absolute atomic E-state index is 12.5. The molecule has 5 N–H and O–H groups in total. The minimum Gasteiger partial charge on any atom is -0.425 e. The van der Waals surface area contributed by atoms with Gasteiger partial charge in [-0.25, -0.2) is 4.79 Å². The molecule has 8 heteroatoms. The number of carbonyl (C=O) groups is 1. The molecule has 1 saturated heterocycles. The number of hydrogen-bond donors (Lipinski definition) is 5. The van der Waals surface area contributed by atoms with Gasteiger partial charge in [0.2, 0.25) is 0 Å². The quantitative estimate of drug-likeness (QED) is 0.328. The predicted molar refractivity (Wildman–Crippen MR) is 112 cm³/mol. The van der Waals surface area contributed by atoms with E-state index in [0.29, 0.717) is 23.5 Å². The molecule has 1 heterocycles. The second kappa shape index (κ2) is 8.04. The van der Waals surface area contributed by atoms with E-state index in [9.17, 15) is 30.3 Å². The van der Waals surface area contributed by atoms with E-state index in [0.717, 1.165) is 44.1 Å². The van der Waals surface area contributed by atoms with Crippen molar-refractivity contribution in [3.05, 3.63) is 29.3 Å². The first-order valence-corrected chi connectivity index (χ1v) is 11.6. The van der Waals surface area contributed by atoms with Gasteiger partial charge in [0.05, 0.1) is 6.10 Å². The van der Waals surface area contributed by atoms with E-state index < -0.39 is 36.7 Å². The summed E-state index contributed by atoms with van der Waals surface area (Å²) >= 11 is 0. The molecule has 2 saturated carbocycles. The smallest absolute Gasteiger partial charge is 0.343 e. The van der Waals surface area contributed by atoms with Crippen molar-refractivity contribution in [2.75, 3.05) is 0 Å². The topological polar surface area (TPSA) is 137 Å². The van der Waals surface area contributed by atoms with Crippen LogP contribution in [0.1, 0.15) is 56.1 Å². The van der Waals surface area contributed by atoms with E-state index >= 15 is 0 Å². The molecule has 0 aromatic heterocycles. The van der Waals surface area contributed by atoms with Crippen molar-refractivity contribution >= 4 is 5.97 Å². The molecule has 0 bridgehead atoms. The van der Waals surface area contributed by atoms with Gasteiger partial charge in [0.1, 0.15) is 24.1 Å². The Morgan fingerprint density at radius 1 is 1.03 bits per heavy atom. The van der Waals surface area contributed by atoms with Crippen LogP contribution in [0.2, 0.25) is 0 Å². The fourth-order valence-electron chi connectivity index (χ4n) is 6.82. The van der Waals surface area contributed by atoms with Gasteiger partial charge < -0.3 is 35.0 Å². The Labute approximate surface area is 186 Å². The number of rotatable bonds is 2. The number of aryl methyl sites for hydroxylation is 1. The van der Waals surface area contributed by atoms with Crippen LogP contribution in [0.25, 0.3) is 0 Å². The number of aliphatic hydroxyl groups is 5. The standard InChI is InChI=1S/C24H32O8/c1-24-9-8-14-13-5-3-12(10-11(13)2-4-15(14)16(24)6-7-17(24)25)31-23(30)21-19(27)18(26)20(28)22(29)32-21/h3,5,10,14-22,25-29H,2,4,6-9H2,1H3/t14-,15-,16+,17-,18+,19+,20-,21+,22-,24+/m1/s1. The van der Waals surface area contributed by atoms with Gasteiger partial charge in [0.25, 0.3) is 0 Å². The molecule has 4 aliphatic rings. The summed E-state index contributed by atoms with van der Waals surface area (Å²) in [5.74, 6) is 0.925. The summed E-state index contributed by atoms with van der Waals surface area (Å²) in [7, 11) is 0. The van der Waals surface area contributed by atoms with Gasteiger partial charge in [0.15, 0.2) is 12.4 Å². The zero-order valence-corrected chi connectivity index (χ0v) is 18.1. The highest BCUT2D eigenvalue weighted by Gasteiger charge is 2.54. The number of esters is 1. The van der Waals surface area contributed by atoms with E-state index in [1.165, 1.54) is 5.56 Å². The molecule has 10 atom stereocenters. The lowest BCUT2D eigenvalue weighted by atomic mass is 9.55. The number of fused-ring (bicyclic) bond motifs is 5. The highest BCUT2D eigenvalue weighted by atomic mass is 16.7. The maximum Gasteiger partial charge on any atom is 0.343 e. The molecule has 1 aromatic carbocycles. The van der Waals surface area contributed by atoms with E-state index in [1.54, 1.807) is 6.07 Å². The van der Waals surface area contributed by atoms with Crippen LogP contribution in [0.4, 0.5) is 0 Å². The van der Waals surface area contributed by atoms with Crippen molar-refractivity contribution in [3.63, 3.8) is 0 Å². The SMILES string of the molecule is C[C@]12CC[C@@H]3c4ccc(OC(=O)[C@H]5O[C@@H](O)[C@H](O)[C@@H](O)[C@@H]5O)cc4CC[C@H]3[C@@H]1CC[C@H]2O. The lowest BCUT2D eigenvalue weighted by Crippen LogP contribution is -2.60. The second-order valence-corrected chi connectivity index (χ2v) is 10.3. The molecule has 5 rings (SSSR count). The zero-order chi connectivity index (χ0) is 22.8. The third kappa shape index (κ3) is 3.40. The van der Waals surface area contributed by atoms with E-state index in [4.69, 9.17) is 9.47 Å². The van der Waals surface area contributed by atoms with Gasteiger partial charge in [-0.3, -0.25) is 0 Å². The summed E-state index contributed by atoms with van der Waals surface area (Å²) in [5.41, 5.74) is 2.45. The van der Waals surface area contributed by atoms with Gasteiger partial charge in [0, 0.05) is 0 Å². The molecule has 32 heavy (non-hydrogen) atoms. The van der Waals surface area contributed by atoms with Crippen molar-refractivity contribution in [3.8, 4) is 5.75 Å². The molecule has 1 aromatic rings. The first-order valence-electron chi connectivity index (χ1n) is 11.6. The Balaban J connectivity index is 1.31. The fraction of sp³-hybridized carbons (Fsp3) is 0.708. The molecule has 0 amide bonds. The van der Waals surface area contributed by atoms with Crippen LogP contribution in [-0.4, -0.2) is 68.3 Å². The maximum atomic E-state index is 12.5. The van der Waals surface area contributed by atoms with Crippen LogP contribution in [-0.2, 0) is 16.0 Å². The Morgan fingerprint density at radius 2 is 1.81 bits per heavy atom. The lowest BCUT2D eigenvalue weighted by Gasteiger charge is -2.50. The van der Waals surface area contributed by atoms with Crippen molar-refractivity contribution in [1.29, 1.82) is 0 Å². The van der Waals surface area contributed by atoms with Gasteiger partial charge in [-0.05, 0) is 85.0 Å². The minimum atomic E-state index is -1.79. The van der Waals surface area contributed by atoms with E-state index in [2.05, 4.69) is 6.92 Å². The zero-order valence-electron chi connectivity index (χ0n) is 18.1. The van der Waals surface area contributed by atoms with Crippen molar-refractivity contribution in [1.82, 2.24) is 0 Å². The summed E-state index contributed by atoms with van der Waals surface area (Å²) in [4.78, 5) is 12.5. The van der Waals surface area contributed by atoms with Crippen LogP contribution in [0, 0.1) is 17.3 Å². The average Bonchev–Trinajstić information content (AvgIpc) is 3.09. The third-order valence-electron chi connectivity index (χ3n) is 8.69. The van der Waals surface area contributed by atoms with Gasteiger partial charge >= 0.3 is 5.97 Å². The molecule has 8 nitrogen and oxygen atoms in total. The Hall–Kier alpha value is -1.55. The number of carbonyl (C=O) groups excluding carboxylic acids is 1. The molecule has 0 spiro atoms. The molecule has 1 aliphatic heterocycles. The number of aliphatic hydroxyl groups excluding tert-OH is 5. The Kier molecular flexibility index (Phi) is 5.59. The number of ether oxygens (including phenoxy) is 2. The fourth-order valence-corrected chi connectivity index (χ4v) is 6.82. The lowest BCUT2D eigenvalue weighted by molar-refractivity contribution is -0.279. The van der Waals surface area contributed by atoms with Crippen LogP contribution < -0.4 is 4.74 Å². The largest absolute Gasteiger partial charge is 0.425 e. The van der Waals surface area contributed by atoms with Gasteiger partial charge in [-0.2, -0.15) is 0 Å². The number of benzene rings is 1. The molecular weight excluding hydrogens is 416 g/mol. The Bertz CT molecular complexity index is 889. The van der Waals surface area contributed by atoms with Crippen LogP contribution in [0.3, 0.4) is 0 Å². The van der Waals surface area contributed by atoms with Crippen molar-refractivity contribution < 1.29 is 39.8 Å². The molecule has 0 radical (unpaired) electrons. The first kappa shape index (κ1) is 22.3. The minimum absolute atomic E-state index is 0.0255. The summed E-state index contributed by atoms with van der Waals surface area (Å²) < 4.78 is 10.4.